The van der Waals surface area contributed by atoms with Gasteiger partial charge in [0.25, 0.3) is 0 Å². The van der Waals surface area contributed by atoms with Crippen LogP contribution in [0.3, 0.4) is 0 Å². The third-order valence-corrected chi connectivity index (χ3v) is 4.80. The van der Waals surface area contributed by atoms with Crippen molar-refractivity contribution in [2.24, 2.45) is 0 Å². The summed E-state index contributed by atoms with van der Waals surface area (Å²) >= 11 is 1.93. The molecule has 1 aromatic rings. The molecule has 1 aliphatic carbocycles. The molecule has 1 saturated carbocycles. The van der Waals surface area contributed by atoms with Crippen molar-refractivity contribution in [1.82, 2.24) is 4.98 Å². The van der Waals surface area contributed by atoms with Crippen molar-refractivity contribution in [2.75, 3.05) is 24.4 Å². The van der Waals surface area contributed by atoms with Gasteiger partial charge in [0.2, 0.25) is 0 Å². The normalized spacial score (nSPS) is 22.3. The van der Waals surface area contributed by atoms with Crippen LogP contribution in [0, 0.1) is 0 Å². The van der Waals surface area contributed by atoms with Gasteiger partial charge in [0, 0.05) is 11.3 Å². The molecule has 6 heteroatoms. The summed E-state index contributed by atoms with van der Waals surface area (Å²) in [5, 5.41) is 4.12. The first-order valence-corrected chi connectivity index (χ1v) is 8.06. The van der Waals surface area contributed by atoms with Crippen molar-refractivity contribution in [1.29, 1.82) is 0 Å². The Morgan fingerprint density at radius 2 is 2.15 bits per heavy atom. The second-order valence-corrected chi connectivity index (χ2v) is 6.15. The fourth-order valence-corrected chi connectivity index (χ4v) is 3.24. The van der Waals surface area contributed by atoms with Crippen molar-refractivity contribution >= 4 is 29.2 Å². The lowest BCUT2D eigenvalue weighted by Gasteiger charge is -2.28. The average molecular weight is 295 g/mol. The molecule has 0 bridgehead atoms. The van der Waals surface area contributed by atoms with Gasteiger partial charge in [0.1, 0.15) is 11.4 Å². The van der Waals surface area contributed by atoms with E-state index in [0.717, 1.165) is 18.1 Å². The molecule has 110 valence electrons. The Kier molecular flexibility index (Phi) is 5.11. The second kappa shape index (κ2) is 6.83. The van der Waals surface area contributed by atoms with Crippen LogP contribution >= 0.6 is 11.8 Å². The summed E-state index contributed by atoms with van der Waals surface area (Å²) in [6.07, 6.45) is 8.30. The number of aromatic nitrogens is 1. The lowest BCUT2D eigenvalue weighted by molar-refractivity contribution is 0.0601. The predicted molar refractivity (Wildman–Crippen MR) is 83.2 cm³/mol. The number of methoxy groups -OCH3 is 1. The summed E-state index contributed by atoms with van der Waals surface area (Å²) in [5.41, 5.74) is 6.55. The number of carbonyl (C=O) groups excluding carboxylic acids is 1. The predicted octanol–water partition coefficient (Wildman–Crippen LogP) is 2.54. The molecule has 0 spiro atoms. The monoisotopic (exact) mass is 295 g/mol. The van der Waals surface area contributed by atoms with E-state index in [0.29, 0.717) is 23.1 Å². The standard InChI is InChI=1S/C14H21N3O2S/c1-19-14(18)12-7-9(15)8-16-13(12)17-10-3-5-11(20-2)6-4-10/h7-8,10-11H,3-6,15H2,1-2H3,(H,16,17). The largest absolute Gasteiger partial charge is 0.465 e. The van der Waals surface area contributed by atoms with Crippen LogP contribution in [0.1, 0.15) is 36.0 Å². The van der Waals surface area contributed by atoms with Gasteiger partial charge in [-0.1, -0.05) is 0 Å². The van der Waals surface area contributed by atoms with Crippen molar-refractivity contribution in [2.45, 2.75) is 37.0 Å². The SMILES string of the molecule is COC(=O)c1cc(N)cnc1NC1CCC(SC)CC1. The molecule has 0 unspecified atom stereocenters. The van der Waals surface area contributed by atoms with Crippen molar-refractivity contribution in [3.05, 3.63) is 17.8 Å². The third-order valence-electron chi connectivity index (χ3n) is 3.66. The average Bonchev–Trinajstić information content (AvgIpc) is 2.49. The highest BCUT2D eigenvalue weighted by molar-refractivity contribution is 7.99. The Morgan fingerprint density at radius 3 is 2.75 bits per heavy atom. The van der Waals surface area contributed by atoms with Gasteiger partial charge in [-0.25, -0.2) is 9.78 Å². The highest BCUT2D eigenvalue weighted by atomic mass is 32.2. The quantitative estimate of drug-likeness (QED) is 0.831. The van der Waals surface area contributed by atoms with Gasteiger partial charge < -0.3 is 15.8 Å². The second-order valence-electron chi connectivity index (χ2n) is 5.01. The molecule has 3 N–H and O–H groups in total. The van der Waals surface area contributed by atoms with Crippen LogP contribution in [0.5, 0.6) is 0 Å². The molecule has 2 rings (SSSR count). The van der Waals surface area contributed by atoms with E-state index >= 15 is 0 Å². The number of nitrogen functional groups attached to an aromatic ring is 1. The van der Waals surface area contributed by atoms with E-state index in [4.69, 9.17) is 10.5 Å². The van der Waals surface area contributed by atoms with E-state index in [1.54, 1.807) is 12.3 Å². The summed E-state index contributed by atoms with van der Waals surface area (Å²) < 4.78 is 4.78. The number of esters is 1. The number of rotatable bonds is 4. The number of nitrogens with zero attached hydrogens (tertiary/aromatic N) is 1. The van der Waals surface area contributed by atoms with Crippen molar-refractivity contribution in [3.8, 4) is 0 Å². The first-order chi connectivity index (χ1) is 9.63. The Bertz CT molecular complexity index is 473. The summed E-state index contributed by atoms with van der Waals surface area (Å²) in [6, 6.07) is 1.97. The Morgan fingerprint density at radius 1 is 1.45 bits per heavy atom. The minimum absolute atomic E-state index is 0.359. The number of carbonyl (C=O) groups is 1. The van der Waals surface area contributed by atoms with Gasteiger partial charge >= 0.3 is 5.97 Å². The van der Waals surface area contributed by atoms with E-state index in [1.165, 1.54) is 20.0 Å². The van der Waals surface area contributed by atoms with Crippen LogP contribution in [-0.4, -0.2) is 35.6 Å². The Hall–Kier alpha value is -1.43. The molecule has 0 radical (unpaired) electrons. The number of nitrogens with one attached hydrogen (secondary N) is 1. The summed E-state index contributed by atoms with van der Waals surface area (Å²) in [6.45, 7) is 0. The maximum atomic E-state index is 11.8. The summed E-state index contributed by atoms with van der Waals surface area (Å²) in [7, 11) is 1.36. The topological polar surface area (TPSA) is 77.2 Å². The molecular formula is C14H21N3O2S. The van der Waals surface area contributed by atoms with Gasteiger partial charge in [0.05, 0.1) is 19.0 Å². The zero-order valence-electron chi connectivity index (χ0n) is 11.9. The first kappa shape index (κ1) is 15.0. The zero-order valence-corrected chi connectivity index (χ0v) is 12.7. The first-order valence-electron chi connectivity index (χ1n) is 6.77. The molecule has 1 heterocycles. The molecule has 0 atom stereocenters. The van der Waals surface area contributed by atoms with Crippen LogP contribution in [0.25, 0.3) is 0 Å². The number of anilines is 2. The Labute approximate surface area is 123 Å². The van der Waals surface area contributed by atoms with E-state index < -0.39 is 5.97 Å². The molecule has 1 aliphatic rings. The number of hydrogen-bond donors (Lipinski definition) is 2. The zero-order chi connectivity index (χ0) is 14.5. The number of nitrogens with two attached hydrogens (primary N) is 1. The number of hydrogen-bond acceptors (Lipinski definition) is 6. The van der Waals surface area contributed by atoms with Gasteiger partial charge in [-0.2, -0.15) is 11.8 Å². The van der Waals surface area contributed by atoms with Crippen LogP contribution in [0.2, 0.25) is 0 Å². The molecular weight excluding hydrogens is 274 g/mol. The van der Waals surface area contributed by atoms with E-state index in [1.807, 2.05) is 11.8 Å². The van der Waals surface area contributed by atoms with E-state index in [2.05, 4.69) is 16.6 Å². The van der Waals surface area contributed by atoms with Crippen molar-refractivity contribution in [3.63, 3.8) is 0 Å². The van der Waals surface area contributed by atoms with Crippen molar-refractivity contribution < 1.29 is 9.53 Å². The minimum atomic E-state index is -0.412. The molecule has 5 nitrogen and oxygen atoms in total. The maximum Gasteiger partial charge on any atom is 0.341 e. The van der Waals surface area contributed by atoms with Crippen LogP contribution in [-0.2, 0) is 4.74 Å². The maximum absolute atomic E-state index is 11.8. The van der Waals surface area contributed by atoms with Crippen LogP contribution in [0.15, 0.2) is 12.3 Å². The molecule has 0 amide bonds. The fourth-order valence-electron chi connectivity index (χ4n) is 2.50. The highest BCUT2D eigenvalue weighted by Crippen LogP contribution is 2.29. The number of ether oxygens (including phenoxy) is 1. The smallest absolute Gasteiger partial charge is 0.341 e. The van der Waals surface area contributed by atoms with E-state index in [9.17, 15) is 4.79 Å². The number of thioether (sulfide) groups is 1. The lowest BCUT2D eigenvalue weighted by Crippen LogP contribution is -2.28. The van der Waals surface area contributed by atoms with Crippen LogP contribution in [0.4, 0.5) is 11.5 Å². The van der Waals surface area contributed by atoms with Gasteiger partial charge in [-0.05, 0) is 38.0 Å². The molecule has 0 aliphatic heterocycles. The molecule has 0 aromatic carbocycles. The summed E-state index contributed by atoms with van der Waals surface area (Å²) in [5.74, 6) is 0.156. The van der Waals surface area contributed by atoms with Gasteiger partial charge in [-0.3, -0.25) is 0 Å². The van der Waals surface area contributed by atoms with E-state index in [-0.39, 0.29) is 0 Å². The molecule has 1 fully saturated rings. The third kappa shape index (κ3) is 3.56. The summed E-state index contributed by atoms with van der Waals surface area (Å²) in [4.78, 5) is 16.0. The van der Waals surface area contributed by atoms with Gasteiger partial charge in [0.15, 0.2) is 0 Å². The Balaban J connectivity index is 2.07. The fraction of sp³-hybridized carbons (Fsp3) is 0.571. The highest BCUT2D eigenvalue weighted by Gasteiger charge is 2.22. The molecule has 20 heavy (non-hydrogen) atoms. The van der Waals surface area contributed by atoms with Crippen LogP contribution < -0.4 is 11.1 Å². The number of pyridine rings is 1. The lowest BCUT2D eigenvalue weighted by atomic mass is 9.95. The molecule has 0 saturated heterocycles. The van der Waals surface area contributed by atoms with Gasteiger partial charge in [-0.15, -0.1) is 0 Å². The molecule has 1 aromatic heterocycles. The minimum Gasteiger partial charge on any atom is -0.465 e.